The molecule has 0 bridgehead atoms. The van der Waals surface area contributed by atoms with E-state index < -0.39 is 5.97 Å². The van der Waals surface area contributed by atoms with Crippen LogP contribution in [0.5, 0.6) is 0 Å². The number of amides is 1. The molecule has 0 saturated heterocycles. The van der Waals surface area contributed by atoms with Crippen molar-refractivity contribution >= 4 is 34.6 Å². The van der Waals surface area contributed by atoms with Crippen LogP contribution in [0.1, 0.15) is 30.3 Å². The van der Waals surface area contributed by atoms with E-state index in [4.69, 9.17) is 5.11 Å². The molecule has 2 N–H and O–H groups in total. The molecule has 0 aliphatic carbocycles. The Hall–Kier alpha value is -1.73. The van der Waals surface area contributed by atoms with E-state index in [0.717, 1.165) is 9.88 Å². The SMILES string of the molecule is CCC(CNC(=O)c1csc(-c2cccs2)n1)CC(=O)O. The number of aliphatic carboxylic acids is 1. The van der Waals surface area contributed by atoms with Crippen LogP contribution < -0.4 is 5.32 Å². The third-order valence-electron chi connectivity index (χ3n) is 3.06. The topological polar surface area (TPSA) is 79.3 Å². The molecule has 0 spiro atoms. The van der Waals surface area contributed by atoms with Crippen LogP contribution in [0.2, 0.25) is 0 Å². The van der Waals surface area contributed by atoms with E-state index in [0.29, 0.717) is 18.7 Å². The van der Waals surface area contributed by atoms with Crippen molar-refractivity contribution in [3.63, 3.8) is 0 Å². The molecule has 5 nitrogen and oxygen atoms in total. The highest BCUT2D eigenvalue weighted by molar-refractivity contribution is 7.20. The number of carbonyl (C=O) groups excluding carboxylic acids is 1. The van der Waals surface area contributed by atoms with E-state index in [-0.39, 0.29) is 18.2 Å². The number of thiophene rings is 1. The lowest BCUT2D eigenvalue weighted by atomic mass is 10.0. The van der Waals surface area contributed by atoms with E-state index in [2.05, 4.69) is 10.3 Å². The van der Waals surface area contributed by atoms with Crippen LogP contribution in [0.25, 0.3) is 9.88 Å². The fourth-order valence-corrected chi connectivity index (χ4v) is 3.44. The zero-order chi connectivity index (χ0) is 15.2. The van der Waals surface area contributed by atoms with Gasteiger partial charge in [-0.2, -0.15) is 0 Å². The maximum atomic E-state index is 12.0. The number of thiazole rings is 1. The highest BCUT2D eigenvalue weighted by Gasteiger charge is 2.15. The molecule has 1 atom stereocenters. The van der Waals surface area contributed by atoms with Gasteiger partial charge in [-0.25, -0.2) is 4.98 Å². The van der Waals surface area contributed by atoms with Gasteiger partial charge >= 0.3 is 5.97 Å². The molecule has 112 valence electrons. The summed E-state index contributed by atoms with van der Waals surface area (Å²) in [5.74, 6) is -1.15. The molecule has 2 rings (SSSR count). The summed E-state index contributed by atoms with van der Waals surface area (Å²) >= 11 is 3.01. The Morgan fingerprint density at radius 3 is 2.86 bits per heavy atom. The van der Waals surface area contributed by atoms with Crippen LogP contribution in [-0.4, -0.2) is 28.5 Å². The largest absolute Gasteiger partial charge is 0.481 e. The third-order valence-corrected chi connectivity index (χ3v) is 4.94. The van der Waals surface area contributed by atoms with Crippen molar-refractivity contribution in [3.8, 4) is 9.88 Å². The van der Waals surface area contributed by atoms with E-state index >= 15 is 0 Å². The summed E-state index contributed by atoms with van der Waals surface area (Å²) < 4.78 is 0. The number of rotatable bonds is 7. The lowest BCUT2D eigenvalue weighted by molar-refractivity contribution is -0.138. The Balaban J connectivity index is 1.93. The van der Waals surface area contributed by atoms with Gasteiger partial charge in [0.05, 0.1) is 4.88 Å². The number of carboxylic acids is 1. The van der Waals surface area contributed by atoms with Crippen molar-refractivity contribution in [2.75, 3.05) is 6.54 Å². The fourth-order valence-electron chi connectivity index (χ4n) is 1.83. The Labute approximate surface area is 130 Å². The summed E-state index contributed by atoms with van der Waals surface area (Å²) in [7, 11) is 0. The maximum Gasteiger partial charge on any atom is 0.303 e. The molecule has 0 fully saturated rings. The van der Waals surface area contributed by atoms with Gasteiger partial charge in [-0.3, -0.25) is 9.59 Å². The number of hydrogen-bond acceptors (Lipinski definition) is 5. The molecule has 0 radical (unpaired) electrons. The fraction of sp³-hybridized carbons (Fsp3) is 0.357. The number of nitrogens with one attached hydrogen (secondary N) is 1. The van der Waals surface area contributed by atoms with Crippen molar-refractivity contribution in [2.45, 2.75) is 19.8 Å². The number of carbonyl (C=O) groups is 2. The van der Waals surface area contributed by atoms with Crippen LogP contribution in [0.15, 0.2) is 22.9 Å². The maximum absolute atomic E-state index is 12.0. The molecule has 0 aromatic carbocycles. The van der Waals surface area contributed by atoms with Gasteiger partial charge in [0.1, 0.15) is 10.7 Å². The van der Waals surface area contributed by atoms with Crippen LogP contribution in [0.3, 0.4) is 0 Å². The number of aromatic nitrogens is 1. The first-order valence-corrected chi connectivity index (χ1v) is 8.35. The van der Waals surface area contributed by atoms with E-state index in [9.17, 15) is 9.59 Å². The quantitative estimate of drug-likeness (QED) is 0.820. The number of hydrogen-bond donors (Lipinski definition) is 2. The average molecular weight is 324 g/mol. The molecule has 0 aliphatic rings. The van der Waals surface area contributed by atoms with Gasteiger partial charge in [0.15, 0.2) is 0 Å². The van der Waals surface area contributed by atoms with E-state index in [1.807, 2.05) is 24.4 Å². The van der Waals surface area contributed by atoms with Crippen molar-refractivity contribution in [2.24, 2.45) is 5.92 Å². The Kier molecular flexibility index (Phi) is 5.46. The van der Waals surface area contributed by atoms with Crippen LogP contribution in [0, 0.1) is 5.92 Å². The van der Waals surface area contributed by atoms with E-state index in [1.54, 1.807) is 16.7 Å². The van der Waals surface area contributed by atoms with Gasteiger partial charge in [0.25, 0.3) is 5.91 Å². The average Bonchev–Trinajstić information content (AvgIpc) is 3.12. The summed E-state index contributed by atoms with van der Waals surface area (Å²) in [4.78, 5) is 28.1. The van der Waals surface area contributed by atoms with Crippen LogP contribution >= 0.6 is 22.7 Å². The Morgan fingerprint density at radius 1 is 1.43 bits per heavy atom. The van der Waals surface area contributed by atoms with Crippen LogP contribution in [-0.2, 0) is 4.79 Å². The van der Waals surface area contributed by atoms with Gasteiger partial charge in [-0.15, -0.1) is 22.7 Å². The summed E-state index contributed by atoms with van der Waals surface area (Å²) in [5.41, 5.74) is 0.383. The molecule has 1 unspecified atom stereocenters. The van der Waals surface area contributed by atoms with Crippen molar-refractivity contribution in [3.05, 3.63) is 28.6 Å². The summed E-state index contributed by atoms with van der Waals surface area (Å²) in [5, 5.41) is 16.1. The first kappa shape index (κ1) is 15.7. The molecule has 21 heavy (non-hydrogen) atoms. The van der Waals surface area contributed by atoms with E-state index in [1.165, 1.54) is 11.3 Å². The minimum absolute atomic E-state index is 0.0538. The highest BCUT2D eigenvalue weighted by atomic mass is 32.1. The predicted molar refractivity (Wildman–Crippen MR) is 83.8 cm³/mol. The molecule has 2 heterocycles. The second-order valence-electron chi connectivity index (χ2n) is 4.60. The summed E-state index contributed by atoms with van der Waals surface area (Å²) in [6.45, 7) is 2.27. The number of carboxylic acid groups (broad SMARTS) is 1. The first-order valence-electron chi connectivity index (χ1n) is 6.59. The third kappa shape index (κ3) is 4.37. The van der Waals surface area contributed by atoms with Gasteiger partial charge in [-0.05, 0) is 17.4 Å². The van der Waals surface area contributed by atoms with Gasteiger partial charge in [-0.1, -0.05) is 19.4 Å². The summed E-state index contributed by atoms with van der Waals surface area (Å²) in [6.07, 6.45) is 0.776. The molecule has 0 saturated carbocycles. The molecule has 2 aromatic heterocycles. The van der Waals surface area contributed by atoms with Gasteiger partial charge < -0.3 is 10.4 Å². The van der Waals surface area contributed by atoms with Crippen molar-refractivity contribution in [1.29, 1.82) is 0 Å². The Bertz CT molecular complexity index is 608. The molecular weight excluding hydrogens is 308 g/mol. The first-order chi connectivity index (χ1) is 10.1. The molecule has 0 aliphatic heterocycles. The monoisotopic (exact) mass is 324 g/mol. The predicted octanol–water partition coefficient (Wildman–Crippen LogP) is 3.10. The minimum atomic E-state index is -0.843. The van der Waals surface area contributed by atoms with Crippen molar-refractivity contribution in [1.82, 2.24) is 10.3 Å². The lowest BCUT2D eigenvalue weighted by Gasteiger charge is -2.12. The second kappa shape index (κ2) is 7.33. The molecular formula is C14H16N2O3S2. The lowest BCUT2D eigenvalue weighted by Crippen LogP contribution is -2.30. The minimum Gasteiger partial charge on any atom is -0.481 e. The standard InChI is InChI=1S/C14H16N2O3S2/c1-2-9(6-12(17)18)7-15-13(19)10-8-21-14(16-10)11-4-3-5-20-11/h3-5,8-9H,2,6-7H2,1H3,(H,15,19)(H,17,18). The zero-order valence-corrected chi connectivity index (χ0v) is 13.2. The summed E-state index contributed by atoms with van der Waals surface area (Å²) in [6, 6.07) is 3.91. The smallest absolute Gasteiger partial charge is 0.303 e. The van der Waals surface area contributed by atoms with Crippen LogP contribution in [0.4, 0.5) is 0 Å². The molecule has 7 heteroatoms. The van der Waals surface area contributed by atoms with Gasteiger partial charge in [0, 0.05) is 18.3 Å². The zero-order valence-electron chi connectivity index (χ0n) is 11.5. The molecule has 2 aromatic rings. The molecule has 1 amide bonds. The Morgan fingerprint density at radius 2 is 2.24 bits per heavy atom. The van der Waals surface area contributed by atoms with Gasteiger partial charge in [0.2, 0.25) is 0 Å². The van der Waals surface area contributed by atoms with Crippen molar-refractivity contribution < 1.29 is 14.7 Å². The second-order valence-corrected chi connectivity index (χ2v) is 6.40. The number of nitrogens with zero attached hydrogens (tertiary/aromatic N) is 1. The normalized spacial score (nSPS) is 12.0. The highest BCUT2D eigenvalue weighted by Crippen LogP contribution is 2.27.